The number of amides is 1. The maximum absolute atomic E-state index is 12.5. The van der Waals surface area contributed by atoms with Crippen molar-refractivity contribution in [3.8, 4) is 0 Å². The molecule has 0 bridgehead atoms. The Bertz CT molecular complexity index is 604. The Morgan fingerprint density at radius 1 is 1.19 bits per heavy atom. The number of carboxylic acids is 1. The number of benzene rings is 1. The molecule has 0 aliphatic heterocycles. The molecule has 2 unspecified atom stereocenters. The molecule has 1 aromatic rings. The van der Waals surface area contributed by atoms with Crippen LogP contribution in [0.15, 0.2) is 40.9 Å². The smallest absolute Gasteiger partial charge is 0.310 e. The van der Waals surface area contributed by atoms with Crippen molar-refractivity contribution in [2.24, 2.45) is 5.92 Å². The third-order valence-corrected chi connectivity index (χ3v) is 4.83. The molecule has 2 N–H and O–H groups in total. The molecule has 1 aromatic carbocycles. The molecule has 2 aliphatic rings. The number of halogens is 1. The standard InChI is InChI=1S/C16H16BrNO3/c17-12-4-2-11(3-5-12)16(7-8-16)15(21)18-13-6-1-10(9-13)14(19)20/h1-6,10,13H,7-9H2,(H,18,21)(H,19,20). The lowest BCUT2D eigenvalue weighted by atomic mass is 9.94. The molecule has 21 heavy (non-hydrogen) atoms. The SMILES string of the molecule is O=C(O)C1C=CC(NC(=O)C2(c3ccc(Br)cc3)CC2)C1. The van der Waals surface area contributed by atoms with Gasteiger partial charge in [0.15, 0.2) is 0 Å². The first-order valence-electron chi connectivity index (χ1n) is 6.99. The molecule has 5 heteroatoms. The predicted octanol–water partition coefficient (Wildman–Crippen LogP) is 2.63. The number of aliphatic carboxylic acids is 1. The summed E-state index contributed by atoms with van der Waals surface area (Å²) in [5.41, 5.74) is 0.607. The second kappa shape index (κ2) is 5.30. The molecule has 3 rings (SSSR count). The number of carbonyl (C=O) groups is 2. The van der Waals surface area contributed by atoms with E-state index in [1.54, 1.807) is 12.2 Å². The summed E-state index contributed by atoms with van der Waals surface area (Å²) in [7, 11) is 0. The molecule has 0 spiro atoms. The van der Waals surface area contributed by atoms with Crippen LogP contribution in [0, 0.1) is 5.92 Å². The van der Waals surface area contributed by atoms with E-state index < -0.39 is 17.3 Å². The van der Waals surface area contributed by atoms with Crippen LogP contribution in [0.5, 0.6) is 0 Å². The molecule has 0 saturated heterocycles. The maximum Gasteiger partial charge on any atom is 0.310 e. The number of carboxylic acid groups (broad SMARTS) is 1. The van der Waals surface area contributed by atoms with E-state index in [0.717, 1.165) is 22.9 Å². The number of carbonyl (C=O) groups excluding carboxylic acids is 1. The van der Waals surface area contributed by atoms with Crippen molar-refractivity contribution in [1.82, 2.24) is 5.32 Å². The van der Waals surface area contributed by atoms with E-state index in [1.165, 1.54) is 0 Å². The minimum atomic E-state index is -0.836. The Hall–Kier alpha value is -1.62. The van der Waals surface area contributed by atoms with Gasteiger partial charge in [-0.1, -0.05) is 40.2 Å². The van der Waals surface area contributed by atoms with Crippen LogP contribution < -0.4 is 5.32 Å². The quantitative estimate of drug-likeness (QED) is 0.821. The molecule has 110 valence electrons. The van der Waals surface area contributed by atoms with E-state index in [1.807, 2.05) is 24.3 Å². The van der Waals surface area contributed by atoms with Crippen molar-refractivity contribution in [2.75, 3.05) is 0 Å². The highest BCUT2D eigenvalue weighted by Crippen LogP contribution is 2.48. The van der Waals surface area contributed by atoms with E-state index >= 15 is 0 Å². The van der Waals surface area contributed by atoms with Crippen molar-refractivity contribution in [2.45, 2.75) is 30.7 Å². The Labute approximate surface area is 131 Å². The lowest BCUT2D eigenvalue weighted by Crippen LogP contribution is -2.40. The predicted molar refractivity (Wildman–Crippen MR) is 81.9 cm³/mol. The summed E-state index contributed by atoms with van der Waals surface area (Å²) >= 11 is 3.40. The van der Waals surface area contributed by atoms with Crippen LogP contribution in [-0.4, -0.2) is 23.0 Å². The third kappa shape index (κ3) is 2.75. The van der Waals surface area contributed by atoms with E-state index in [2.05, 4.69) is 21.2 Å². The highest BCUT2D eigenvalue weighted by atomic mass is 79.9. The fraction of sp³-hybridized carbons (Fsp3) is 0.375. The van der Waals surface area contributed by atoms with Gasteiger partial charge in [0.25, 0.3) is 0 Å². The zero-order valence-corrected chi connectivity index (χ0v) is 13.0. The molecule has 1 amide bonds. The second-order valence-corrected chi connectivity index (χ2v) is 6.65. The molecule has 1 fully saturated rings. The molecular weight excluding hydrogens is 334 g/mol. The van der Waals surface area contributed by atoms with Gasteiger partial charge >= 0.3 is 5.97 Å². The van der Waals surface area contributed by atoms with Crippen molar-refractivity contribution in [3.05, 3.63) is 46.5 Å². The van der Waals surface area contributed by atoms with Gasteiger partial charge in [-0.05, 0) is 37.0 Å². The van der Waals surface area contributed by atoms with Crippen molar-refractivity contribution >= 4 is 27.8 Å². The Morgan fingerprint density at radius 2 is 1.86 bits per heavy atom. The van der Waals surface area contributed by atoms with Crippen LogP contribution in [0.25, 0.3) is 0 Å². The molecule has 0 heterocycles. The number of nitrogens with one attached hydrogen (secondary N) is 1. The average molecular weight is 350 g/mol. The van der Waals surface area contributed by atoms with Gasteiger partial charge in [0.05, 0.1) is 11.3 Å². The van der Waals surface area contributed by atoms with Gasteiger partial charge < -0.3 is 10.4 Å². The minimum absolute atomic E-state index is 0.00510. The van der Waals surface area contributed by atoms with Crippen molar-refractivity contribution < 1.29 is 14.7 Å². The molecule has 4 nitrogen and oxygen atoms in total. The molecule has 2 aliphatic carbocycles. The summed E-state index contributed by atoms with van der Waals surface area (Å²) in [5.74, 6) is -1.32. The maximum atomic E-state index is 12.5. The van der Waals surface area contributed by atoms with Gasteiger partial charge in [-0.15, -0.1) is 0 Å². The normalized spacial score (nSPS) is 25.6. The van der Waals surface area contributed by atoms with Crippen LogP contribution in [0.3, 0.4) is 0 Å². The van der Waals surface area contributed by atoms with Gasteiger partial charge in [-0.3, -0.25) is 9.59 Å². The molecular formula is C16H16BrNO3. The number of hydrogen-bond acceptors (Lipinski definition) is 2. The monoisotopic (exact) mass is 349 g/mol. The van der Waals surface area contributed by atoms with Crippen LogP contribution in [0.4, 0.5) is 0 Å². The van der Waals surface area contributed by atoms with Crippen LogP contribution in [0.1, 0.15) is 24.8 Å². The number of rotatable bonds is 4. The highest BCUT2D eigenvalue weighted by Gasteiger charge is 2.51. The Kier molecular flexibility index (Phi) is 3.61. The minimum Gasteiger partial charge on any atom is -0.481 e. The zero-order chi connectivity index (χ0) is 15.0. The van der Waals surface area contributed by atoms with Crippen LogP contribution >= 0.6 is 15.9 Å². The molecule has 2 atom stereocenters. The Morgan fingerprint density at radius 3 is 2.38 bits per heavy atom. The lowest BCUT2D eigenvalue weighted by Gasteiger charge is -2.19. The molecule has 0 aromatic heterocycles. The summed E-state index contributed by atoms with van der Waals surface area (Å²) in [5, 5.41) is 12.0. The van der Waals surface area contributed by atoms with Gasteiger partial charge in [-0.25, -0.2) is 0 Å². The summed E-state index contributed by atoms with van der Waals surface area (Å²) < 4.78 is 0.991. The molecule has 0 radical (unpaired) electrons. The van der Waals surface area contributed by atoms with Crippen LogP contribution in [0.2, 0.25) is 0 Å². The van der Waals surface area contributed by atoms with Gasteiger partial charge in [0, 0.05) is 10.5 Å². The summed E-state index contributed by atoms with van der Waals surface area (Å²) in [6.45, 7) is 0. The van der Waals surface area contributed by atoms with Crippen molar-refractivity contribution in [3.63, 3.8) is 0 Å². The first-order chi connectivity index (χ1) is 10.0. The average Bonchev–Trinajstić information content (AvgIpc) is 3.13. The third-order valence-electron chi connectivity index (χ3n) is 4.30. The van der Waals surface area contributed by atoms with Crippen LogP contribution in [-0.2, 0) is 15.0 Å². The zero-order valence-electron chi connectivity index (χ0n) is 11.4. The second-order valence-electron chi connectivity index (χ2n) is 5.73. The van der Waals surface area contributed by atoms with Crippen molar-refractivity contribution in [1.29, 1.82) is 0 Å². The summed E-state index contributed by atoms with van der Waals surface area (Å²) in [6.07, 6.45) is 5.58. The molecule has 1 saturated carbocycles. The first kappa shape index (κ1) is 14.3. The fourth-order valence-electron chi connectivity index (χ4n) is 2.84. The van der Waals surface area contributed by atoms with E-state index in [-0.39, 0.29) is 11.9 Å². The first-order valence-corrected chi connectivity index (χ1v) is 7.79. The van der Waals surface area contributed by atoms with E-state index in [0.29, 0.717) is 6.42 Å². The van der Waals surface area contributed by atoms with Gasteiger partial charge in [-0.2, -0.15) is 0 Å². The highest BCUT2D eigenvalue weighted by molar-refractivity contribution is 9.10. The number of hydrogen-bond donors (Lipinski definition) is 2. The van der Waals surface area contributed by atoms with Gasteiger partial charge in [0.1, 0.15) is 0 Å². The topological polar surface area (TPSA) is 66.4 Å². The largest absolute Gasteiger partial charge is 0.481 e. The fourth-order valence-corrected chi connectivity index (χ4v) is 3.10. The summed E-state index contributed by atoms with van der Waals surface area (Å²) in [4.78, 5) is 23.5. The van der Waals surface area contributed by atoms with Gasteiger partial charge in [0.2, 0.25) is 5.91 Å². The van der Waals surface area contributed by atoms with E-state index in [4.69, 9.17) is 5.11 Å². The van der Waals surface area contributed by atoms with E-state index in [9.17, 15) is 9.59 Å². The Balaban J connectivity index is 1.67. The lowest BCUT2D eigenvalue weighted by molar-refractivity contribution is -0.140. The summed E-state index contributed by atoms with van der Waals surface area (Å²) in [6, 6.07) is 7.66.